The van der Waals surface area contributed by atoms with Crippen LogP contribution >= 0.6 is 0 Å². The topological polar surface area (TPSA) is 63.7 Å². The first kappa shape index (κ1) is 14.8. The van der Waals surface area contributed by atoms with Crippen molar-refractivity contribution in [3.8, 4) is 11.5 Å². The van der Waals surface area contributed by atoms with Crippen LogP contribution in [0.2, 0.25) is 0 Å². The van der Waals surface area contributed by atoms with E-state index in [-0.39, 0.29) is 6.03 Å². The Morgan fingerprint density at radius 3 is 2.62 bits per heavy atom. The number of nitrogens with one attached hydrogen (secondary N) is 1. The molecule has 0 spiro atoms. The second kappa shape index (κ2) is 6.39. The first-order chi connectivity index (χ1) is 11.8. The first-order valence-electron chi connectivity index (χ1n) is 8.16. The number of aromatic nitrogens is 1. The zero-order valence-electron chi connectivity index (χ0n) is 13.3. The molecular formula is C18H19N3O3. The summed E-state index contributed by atoms with van der Waals surface area (Å²) in [6.07, 6.45) is 5.61. The predicted molar refractivity (Wildman–Crippen MR) is 89.3 cm³/mol. The van der Waals surface area contributed by atoms with Gasteiger partial charge in [0.15, 0.2) is 11.5 Å². The number of amides is 2. The van der Waals surface area contributed by atoms with E-state index < -0.39 is 0 Å². The minimum absolute atomic E-state index is 0.0917. The molecule has 0 saturated heterocycles. The molecule has 1 saturated carbocycles. The third-order valence-electron chi connectivity index (χ3n) is 4.14. The number of urea groups is 1. The fourth-order valence-electron chi connectivity index (χ4n) is 2.75. The Labute approximate surface area is 140 Å². The molecule has 6 nitrogen and oxygen atoms in total. The van der Waals surface area contributed by atoms with Gasteiger partial charge in [-0.05, 0) is 42.7 Å². The van der Waals surface area contributed by atoms with Gasteiger partial charge in [-0.1, -0.05) is 0 Å². The minimum atomic E-state index is -0.0917. The maximum Gasteiger partial charge on any atom is 0.322 e. The number of pyridine rings is 1. The van der Waals surface area contributed by atoms with Crippen LogP contribution in [0.15, 0.2) is 42.7 Å². The van der Waals surface area contributed by atoms with Gasteiger partial charge in [0.1, 0.15) is 13.2 Å². The van der Waals surface area contributed by atoms with Gasteiger partial charge < -0.3 is 19.7 Å². The quantitative estimate of drug-likeness (QED) is 0.938. The second-order valence-corrected chi connectivity index (χ2v) is 6.00. The van der Waals surface area contributed by atoms with E-state index in [4.69, 9.17) is 9.47 Å². The van der Waals surface area contributed by atoms with Crippen LogP contribution in [0.3, 0.4) is 0 Å². The number of hydrogen-bond donors (Lipinski definition) is 1. The smallest absolute Gasteiger partial charge is 0.322 e. The first-order valence-corrected chi connectivity index (χ1v) is 8.16. The van der Waals surface area contributed by atoms with Crippen LogP contribution in [0, 0.1) is 0 Å². The Balaban J connectivity index is 1.47. The molecule has 1 fully saturated rings. The third-order valence-corrected chi connectivity index (χ3v) is 4.14. The fraction of sp³-hybridized carbons (Fsp3) is 0.333. The Hall–Kier alpha value is -2.76. The van der Waals surface area contributed by atoms with Crippen molar-refractivity contribution in [3.63, 3.8) is 0 Å². The summed E-state index contributed by atoms with van der Waals surface area (Å²) in [6, 6.07) is 9.57. The summed E-state index contributed by atoms with van der Waals surface area (Å²) in [5.74, 6) is 1.39. The molecule has 0 unspecified atom stereocenters. The minimum Gasteiger partial charge on any atom is -0.486 e. The summed E-state index contributed by atoms with van der Waals surface area (Å²) in [7, 11) is 0. The summed E-state index contributed by atoms with van der Waals surface area (Å²) in [5, 5.41) is 2.97. The van der Waals surface area contributed by atoms with Crippen LogP contribution < -0.4 is 14.8 Å². The van der Waals surface area contributed by atoms with E-state index in [0.717, 1.165) is 24.2 Å². The highest BCUT2D eigenvalue weighted by Crippen LogP contribution is 2.33. The molecular weight excluding hydrogens is 306 g/mol. The van der Waals surface area contributed by atoms with Crippen LogP contribution in [0.4, 0.5) is 10.5 Å². The van der Waals surface area contributed by atoms with Crippen LogP contribution in [0.25, 0.3) is 0 Å². The van der Waals surface area contributed by atoms with Crippen LogP contribution in [-0.2, 0) is 6.54 Å². The highest BCUT2D eigenvalue weighted by atomic mass is 16.6. The van der Waals surface area contributed by atoms with Gasteiger partial charge in [0, 0.05) is 36.7 Å². The average Bonchev–Trinajstić information content (AvgIpc) is 3.45. The molecule has 2 aliphatic rings. The summed E-state index contributed by atoms with van der Waals surface area (Å²) >= 11 is 0. The number of hydrogen-bond acceptors (Lipinski definition) is 4. The summed E-state index contributed by atoms with van der Waals surface area (Å²) in [4.78, 5) is 18.6. The molecule has 0 atom stereocenters. The summed E-state index contributed by atoms with van der Waals surface area (Å²) in [5.41, 5.74) is 1.79. The third kappa shape index (κ3) is 3.27. The Morgan fingerprint density at radius 1 is 1.12 bits per heavy atom. The van der Waals surface area contributed by atoms with Gasteiger partial charge in [-0.15, -0.1) is 0 Å². The number of rotatable bonds is 4. The molecule has 6 heteroatoms. The van der Waals surface area contributed by atoms with E-state index in [1.165, 1.54) is 0 Å². The molecule has 0 bridgehead atoms. The maximum absolute atomic E-state index is 12.7. The van der Waals surface area contributed by atoms with Gasteiger partial charge in [0.05, 0.1) is 0 Å². The molecule has 24 heavy (non-hydrogen) atoms. The molecule has 1 aliphatic carbocycles. The normalized spacial score (nSPS) is 15.7. The lowest BCUT2D eigenvalue weighted by molar-refractivity contribution is 0.171. The number of carbonyl (C=O) groups excluding carboxylic acids is 1. The van der Waals surface area contributed by atoms with Crippen molar-refractivity contribution in [2.75, 3.05) is 18.5 Å². The number of anilines is 1. The Kier molecular flexibility index (Phi) is 3.94. The molecule has 1 N–H and O–H groups in total. The van der Waals surface area contributed by atoms with Crippen molar-refractivity contribution in [1.82, 2.24) is 9.88 Å². The van der Waals surface area contributed by atoms with Crippen LogP contribution in [-0.4, -0.2) is 35.2 Å². The van der Waals surface area contributed by atoms with Gasteiger partial charge in [-0.3, -0.25) is 4.98 Å². The molecule has 1 aliphatic heterocycles. The second-order valence-electron chi connectivity index (χ2n) is 6.00. The highest BCUT2D eigenvalue weighted by molar-refractivity contribution is 5.90. The van der Waals surface area contributed by atoms with Crippen molar-refractivity contribution in [1.29, 1.82) is 0 Å². The molecule has 2 aromatic rings. The van der Waals surface area contributed by atoms with Gasteiger partial charge in [0.2, 0.25) is 0 Å². The van der Waals surface area contributed by atoms with Crippen molar-refractivity contribution in [2.45, 2.75) is 25.4 Å². The van der Waals surface area contributed by atoms with E-state index in [1.54, 1.807) is 12.4 Å². The average molecular weight is 325 g/mol. The Bertz CT molecular complexity index is 732. The highest BCUT2D eigenvalue weighted by Gasteiger charge is 2.32. The van der Waals surface area contributed by atoms with E-state index in [9.17, 15) is 4.79 Å². The lowest BCUT2D eigenvalue weighted by atomic mass is 10.2. The van der Waals surface area contributed by atoms with Crippen molar-refractivity contribution in [2.24, 2.45) is 0 Å². The number of carbonyl (C=O) groups is 1. The maximum atomic E-state index is 12.7. The molecule has 2 amide bonds. The van der Waals surface area contributed by atoms with Crippen molar-refractivity contribution >= 4 is 11.7 Å². The largest absolute Gasteiger partial charge is 0.486 e. The zero-order chi connectivity index (χ0) is 16.4. The summed E-state index contributed by atoms with van der Waals surface area (Å²) in [6.45, 7) is 1.67. The van der Waals surface area contributed by atoms with Gasteiger partial charge in [0.25, 0.3) is 0 Å². The fourth-order valence-corrected chi connectivity index (χ4v) is 2.75. The van der Waals surface area contributed by atoms with E-state index in [0.29, 0.717) is 37.2 Å². The van der Waals surface area contributed by atoms with Gasteiger partial charge in [-0.25, -0.2) is 4.79 Å². The molecule has 4 rings (SSSR count). The lowest BCUT2D eigenvalue weighted by Crippen LogP contribution is -2.36. The molecule has 1 aromatic carbocycles. The Morgan fingerprint density at radius 2 is 1.88 bits per heavy atom. The number of ether oxygens (including phenoxy) is 2. The van der Waals surface area contributed by atoms with Crippen LogP contribution in [0.1, 0.15) is 18.4 Å². The monoisotopic (exact) mass is 325 g/mol. The zero-order valence-corrected chi connectivity index (χ0v) is 13.3. The number of nitrogens with zero attached hydrogens (tertiary/aromatic N) is 2. The van der Waals surface area contributed by atoms with Crippen molar-refractivity contribution in [3.05, 3.63) is 48.3 Å². The number of fused-ring (bicyclic) bond motifs is 1. The lowest BCUT2D eigenvalue weighted by Gasteiger charge is -2.24. The van der Waals surface area contributed by atoms with Crippen molar-refractivity contribution < 1.29 is 14.3 Å². The van der Waals surface area contributed by atoms with Gasteiger partial charge in [-0.2, -0.15) is 0 Å². The predicted octanol–water partition coefficient (Wildman–Crippen LogP) is 3.05. The van der Waals surface area contributed by atoms with E-state index >= 15 is 0 Å². The molecule has 2 heterocycles. The standard InChI is InChI=1S/C18H19N3O3/c22-18(20-14-1-4-16-17(11-14)24-10-9-23-16)21(15-2-3-15)12-13-5-7-19-8-6-13/h1,4-8,11,15H,2-3,9-10,12H2,(H,20,22). The SMILES string of the molecule is O=C(Nc1ccc2c(c1)OCCO2)N(Cc1ccncc1)C1CC1. The molecule has 1 aromatic heterocycles. The molecule has 124 valence electrons. The number of benzene rings is 1. The summed E-state index contributed by atoms with van der Waals surface area (Å²) < 4.78 is 11.1. The van der Waals surface area contributed by atoms with Crippen LogP contribution in [0.5, 0.6) is 11.5 Å². The van der Waals surface area contributed by atoms with E-state index in [2.05, 4.69) is 10.3 Å². The van der Waals surface area contributed by atoms with Gasteiger partial charge >= 0.3 is 6.03 Å². The molecule has 0 radical (unpaired) electrons. The van der Waals surface area contributed by atoms with E-state index in [1.807, 2.05) is 35.2 Å².